The molecule has 1 amide bonds. The standard InChI is InChI=1S/C24H32N6O3S/c31-20(30-32)10-6-1-2-7-15-33-19-13-11-18(12-14-19)27-24-28-22-21(34-16-25-22)23(29-24)26-17-8-4-3-5-9-17/h11-14,16-17,32H,1-10,15H2,(H,30,31)(H2,26,27,28,29). The van der Waals surface area contributed by atoms with Crippen LogP contribution in [0.15, 0.2) is 29.8 Å². The van der Waals surface area contributed by atoms with E-state index in [1.165, 1.54) is 32.1 Å². The van der Waals surface area contributed by atoms with Crippen molar-refractivity contribution >= 4 is 45.0 Å². The van der Waals surface area contributed by atoms with Gasteiger partial charge in [-0.25, -0.2) is 10.5 Å². The van der Waals surface area contributed by atoms with Gasteiger partial charge in [0.25, 0.3) is 0 Å². The maximum absolute atomic E-state index is 11.0. The highest BCUT2D eigenvalue weighted by Gasteiger charge is 2.17. The predicted octanol–water partition coefficient (Wildman–Crippen LogP) is 5.41. The molecule has 10 heteroatoms. The van der Waals surface area contributed by atoms with Crippen molar-refractivity contribution in [2.24, 2.45) is 0 Å². The fraction of sp³-hybridized carbons (Fsp3) is 0.500. The summed E-state index contributed by atoms with van der Waals surface area (Å²) in [5, 5.41) is 15.4. The summed E-state index contributed by atoms with van der Waals surface area (Å²) in [5.74, 6) is 1.86. The topological polar surface area (TPSA) is 121 Å². The van der Waals surface area contributed by atoms with Crippen LogP contribution in [0.3, 0.4) is 0 Å². The van der Waals surface area contributed by atoms with Crippen molar-refractivity contribution in [2.75, 3.05) is 17.2 Å². The third kappa shape index (κ3) is 7.01. The summed E-state index contributed by atoms with van der Waals surface area (Å²) in [5.41, 5.74) is 5.05. The first kappa shape index (κ1) is 24.2. The van der Waals surface area contributed by atoms with Crippen LogP contribution in [-0.2, 0) is 4.79 Å². The summed E-state index contributed by atoms with van der Waals surface area (Å²) in [6.07, 6.45) is 10.1. The Kier molecular flexibility index (Phi) is 8.86. The van der Waals surface area contributed by atoms with Gasteiger partial charge in [0.05, 0.1) is 12.1 Å². The number of benzene rings is 1. The van der Waals surface area contributed by atoms with E-state index in [9.17, 15) is 4.79 Å². The molecule has 182 valence electrons. The van der Waals surface area contributed by atoms with Gasteiger partial charge in [0.2, 0.25) is 11.9 Å². The Balaban J connectivity index is 1.27. The Morgan fingerprint density at radius 3 is 2.65 bits per heavy atom. The Labute approximate surface area is 203 Å². The van der Waals surface area contributed by atoms with Gasteiger partial charge in [-0.3, -0.25) is 10.0 Å². The zero-order chi connectivity index (χ0) is 23.6. The van der Waals surface area contributed by atoms with E-state index >= 15 is 0 Å². The zero-order valence-corrected chi connectivity index (χ0v) is 20.1. The number of nitrogens with one attached hydrogen (secondary N) is 3. The van der Waals surface area contributed by atoms with Crippen LogP contribution in [0.1, 0.15) is 64.2 Å². The van der Waals surface area contributed by atoms with Crippen molar-refractivity contribution in [3.8, 4) is 5.75 Å². The van der Waals surface area contributed by atoms with Crippen LogP contribution in [0.25, 0.3) is 10.3 Å². The van der Waals surface area contributed by atoms with Crippen molar-refractivity contribution in [3.05, 3.63) is 29.8 Å². The average molecular weight is 485 g/mol. The number of aromatic nitrogens is 3. The number of hydroxylamine groups is 1. The smallest absolute Gasteiger partial charge is 0.243 e. The van der Waals surface area contributed by atoms with Crippen molar-refractivity contribution < 1.29 is 14.7 Å². The molecule has 1 fully saturated rings. The summed E-state index contributed by atoms with van der Waals surface area (Å²) in [7, 11) is 0. The van der Waals surface area contributed by atoms with Crippen LogP contribution in [0, 0.1) is 0 Å². The first-order valence-corrected chi connectivity index (χ1v) is 12.9. The van der Waals surface area contributed by atoms with Crippen LogP contribution in [-0.4, -0.2) is 38.7 Å². The Morgan fingerprint density at radius 2 is 1.85 bits per heavy atom. The molecule has 4 rings (SSSR count). The molecule has 4 N–H and O–H groups in total. The highest BCUT2D eigenvalue weighted by Crippen LogP contribution is 2.29. The number of carbonyl (C=O) groups excluding carboxylic acids is 1. The summed E-state index contributed by atoms with van der Waals surface area (Å²) in [6.45, 7) is 0.624. The quantitative estimate of drug-likeness (QED) is 0.153. The lowest BCUT2D eigenvalue weighted by Crippen LogP contribution is -2.23. The van der Waals surface area contributed by atoms with Gasteiger partial charge in [0.15, 0.2) is 11.5 Å². The molecule has 9 nitrogen and oxygen atoms in total. The molecule has 0 aliphatic heterocycles. The number of amides is 1. The van der Waals surface area contributed by atoms with E-state index < -0.39 is 0 Å². The van der Waals surface area contributed by atoms with Gasteiger partial charge in [-0.15, -0.1) is 11.3 Å². The highest BCUT2D eigenvalue weighted by atomic mass is 32.1. The van der Waals surface area contributed by atoms with E-state index in [1.54, 1.807) is 16.8 Å². The number of carbonyl (C=O) groups is 1. The lowest BCUT2D eigenvalue weighted by Gasteiger charge is -2.23. The molecule has 0 unspecified atom stereocenters. The van der Waals surface area contributed by atoms with Gasteiger partial charge in [-0.2, -0.15) is 9.97 Å². The maximum atomic E-state index is 11.0. The van der Waals surface area contributed by atoms with Gasteiger partial charge >= 0.3 is 0 Å². The molecule has 0 bridgehead atoms. The van der Waals surface area contributed by atoms with Crippen molar-refractivity contribution in [1.82, 2.24) is 20.4 Å². The minimum atomic E-state index is -0.335. The Morgan fingerprint density at radius 1 is 1.06 bits per heavy atom. The molecule has 0 radical (unpaired) electrons. The summed E-state index contributed by atoms with van der Waals surface area (Å²) >= 11 is 1.56. The minimum Gasteiger partial charge on any atom is -0.494 e. The van der Waals surface area contributed by atoms with E-state index in [1.807, 2.05) is 29.8 Å². The second-order valence-electron chi connectivity index (χ2n) is 8.58. The van der Waals surface area contributed by atoms with Gasteiger partial charge < -0.3 is 15.4 Å². The lowest BCUT2D eigenvalue weighted by molar-refractivity contribution is -0.129. The molecule has 2 heterocycles. The number of hydrogen-bond acceptors (Lipinski definition) is 9. The average Bonchev–Trinajstić information content (AvgIpc) is 3.34. The number of anilines is 3. The molecular weight excluding hydrogens is 452 g/mol. The largest absolute Gasteiger partial charge is 0.494 e. The molecule has 0 saturated heterocycles. The summed E-state index contributed by atoms with van der Waals surface area (Å²) in [4.78, 5) is 24.7. The van der Waals surface area contributed by atoms with Crippen LogP contribution >= 0.6 is 11.3 Å². The molecule has 0 atom stereocenters. The van der Waals surface area contributed by atoms with Crippen LogP contribution < -0.4 is 20.9 Å². The normalized spacial score (nSPS) is 14.1. The van der Waals surface area contributed by atoms with Crippen LogP contribution in [0.2, 0.25) is 0 Å². The first-order chi connectivity index (χ1) is 16.7. The zero-order valence-electron chi connectivity index (χ0n) is 19.3. The number of ether oxygens (including phenoxy) is 1. The fourth-order valence-corrected chi connectivity index (χ4v) is 4.79. The van der Waals surface area contributed by atoms with E-state index in [0.717, 1.165) is 47.6 Å². The third-order valence-electron chi connectivity index (χ3n) is 5.94. The van der Waals surface area contributed by atoms with E-state index in [0.29, 0.717) is 30.7 Å². The molecule has 34 heavy (non-hydrogen) atoms. The van der Waals surface area contributed by atoms with Gasteiger partial charge in [0, 0.05) is 18.2 Å². The molecular formula is C24H32N6O3S. The Hall–Kier alpha value is -2.98. The minimum absolute atomic E-state index is 0.335. The predicted molar refractivity (Wildman–Crippen MR) is 134 cm³/mol. The third-order valence-corrected chi connectivity index (χ3v) is 6.76. The van der Waals surface area contributed by atoms with Gasteiger partial charge in [-0.05, 0) is 49.9 Å². The number of unbranched alkanes of at least 4 members (excludes halogenated alkanes) is 3. The molecule has 1 aliphatic carbocycles. The molecule has 1 aromatic carbocycles. The number of hydrogen-bond donors (Lipinski definition) is 4. The van der Waals surface area contributed by atoms with E-state index in [4.69, 9.17) is 14.9 Å². The number of thiazole rings is 1. The molecule has 1 aliphatic rings. The SMILES string of the molecule is O=C(CCCCCCOc1ccc(Nc2nc(NC3CCCCC3)c3scnc3n2)cc1)NO. The number of fused-ring (bicyclic) bond motifs is 1. The van der Waals surface area contributed by atoms with Crippen LogP contribution in [0.5, 0.6) is 5.75 Å². The van der Waals surface area contributed by atoms with Gasteiger partial charge in [-0.1, -0.05) is 32.1 Å². The maximum Gasteiger partial charge on any atom is 0.243 e. The van der Waals surface area contributed by atoms with Crippen molar-refractivity contribution in [1.29, 1.82) is 0 Å². The van der Waals surface area contributed by atoms with E-state index in [-0.39, 0.29) is 5.91 Å². The van der Waals surface area contributed by atoms with Gasteiger partial charge in [0.1, 0.15) is 10.4 Å². The van der Waals surface area contributed by atoms with E-state index in [2.05, 4.69) is 20.6 Å². The number of rotatable bonds is 12. The van der Waals surface area contributed by atoms with Crippen molar-refractivity contribution in [3.63, 3.8) is 0 Å². The number of nitrogens with zero attached hydrogens (tertiary/aromatic N) is 3. The lowest BCUT2D eigenvalue weighted by atomic mass is 9.95. The summed E-state index contributed by atoms with van der Waals surface area (Å²) in [6, 6.07) is 8.21. The van der Waals surface area contributed by atoms with Crippen molar-refractivity contribution in [2.45, 2.75) is 70.3 Å². The second kappa shape index (κ2) is 12.5. The highest BCUT2D eigenvalue weighted by molar-refractivity contribution is 7.17. The van der Waals surface area contributed by atoms with Crippen LogP contribution in [0.4, 0.5) is 17.5 Å². The first-order valence-electron chi connectivity index (χ1n) is 12.0. The monoisotopic (exact) mass is 484 g/mol. The second-order valence-corrected chi connectivity index (χ2v) is 9.43. The molecule has 0 spiro atoms. The molecule has 2 aromatic heterocycles. The molecule has 1 saturated carbocycles. The molecule has 3 aromatic rings. The Bertz CT molecular complexity index is 1050. The fourth-order valence-electron chi connectivity index (χ4n) is 4.11. The summed E-state index contributed by atoms with van der Waals surface area (Å²) < 4.78 is 6.81.